The zero-order valence-electron chi connectivity index (χ0n) is 18.7. The molecule has 0 unspecified atom stereocenters. The average molecular weight is 450 g/mol. The van der Waals surface area contributed by atoms with Crippen molar-refractivity contribution < 1.29 is 13.0 Å². The monoisotopic (exact) mass is 449 g/mol. The standard InChI is InChI=1S/C24H42O3S.Ca/c1-2-3-4-5-6-7-8-9-10-11-12-13-14-15-16-17-20-23-21-18-19-22-24(23)28(25,26)27;/h18-19,21-22H,2-17,20H2,1H3,(H,25,26,27);/q;+2/p-1. The molecule has 0 aliphatic rings. The van der Waals surface area contributed by atoms with Crippen molar-refractivity contribution in [3.05, 3.63) is 29.8 Å². The summed E-state index contributed by atoms with van der Waals surface area (Å²) in [6.45, 7) is 2.27. The fraction of sp³-hybridized carbons (Fsp3) is 0.750. The van der Waals surface area contributed by atoms with E-state index in [9.17, 15) is 13.0 Å². The van der Waals surface area contributed by atoms with E-state index in [4.69, 9.17) is 0 Å². The van der Waals surface area contributed by atoms with Crippen molar-refractivity contribution in [2.45, 2.75) is 121 Å². The van der Waals surface area contributed by atoms with E-state index in [-0.39, 0.29) is 42.6 Å². The van der Waals surface area contributed by atoms with Crippen LogP contribution in [0.2, 0.25) is 0 Å². The maximum absolute atomic E-state index is 11.3. The van der Waals surface area contributed by atoms with Gasteiger partial charge in [-0.3, -0.25) is 0 Å². The van der Waals surface area contributed by atoms with Crippen LogP contribution in [-0.4, -0.2) is 50.7 Å². The van der Waals surface area contributed by atoms with Crippen molar-refractivity contribution in [2.75, 3.05) is 0 Å². The molecule has 0 saturated heterocycles. The second-order valence-electron chi connectivity index (χ2n) is 8.12. The summed E-state index contributed by atoms with van der Waals surface area (Å²) in [5.74, 6) is 0. The fourth-order valence-corrected chi connectivity index (χ4v) is 4.55. The number of benzene rings is 1. The maximum atomic E-state index is 11.3. The van der Waals surface area contributed by atoms with Crippen LogP contribution < -0.4 is 0 Å². The molecule has 0 radical (unpaired) electrons. The van der Waals surface area contributed by atoms with Crippen LogP contribution in [0.4, 0.5) is 0 Å². The van der Waals surface area contributed by atoms with Gasteiger partial charge in [-0.1, -0.05) is 121 Å². The minimum atomic E-state index is -4.36. The molecule has 1 rings (SSSR count). The molecule has 0 amide bonds. The molecule has 0 aromatic heterocycles. The summed E-state index contributed by atoms with van der Waals surface area (Å²) < 4.78 is 33.8. The van der Waals surface area contributed by atoms with Gasteiger partial charge < -0.3 is 4.55 Å². The first-order valence-electron chi connectivity index (χ1n) is 11.6. The molecule has 29 heavy (non-hydrogen) atoms. The van der Waals surface area contributed by atoms with Crippen LogP contribution in [0.25, 0.3) is 0 Å². The molecule has 0 N–H and O–H groups in total. The largest absolute Gasteiger partial charge is 2.00 e. The fourth-order valence-electron chi connectivity index (χ4n) is 3.82. The zero-order valence-corrected chi connectivity index (χ0v) is 21.7. The van der Waals surface area contributed by atoms with Gasteiger partial charge in [0.05, 0.1) is 4.90 Å². The Bertz CT molecular complexity index is 602. The number of unbranched alkanes of at least 4 members (excludes halogenated alkanes) is 15. The Kier molecular flexibility index (Phi) is 19.4. The van der Waals surface area contributed by atoms with Crippen LogP contribution >= 0.6 is 0 Å². The molecular formula is C24H41CaO3S+. The van der Waals surface area contributed by atoms with E-state index in [1.165, 1.54) is 96.0 Å². The summed E-state index contributed by atoms with van der Waals surface area (Å²) in [5, 5.41) is 0. The Balaban J connectivity index is 0.00000784. The molecule has 0 aliphatic carbocycles. The molecule has 1 aromatic rings. The van der Waals surface area contributed by atoms with Gasteiger partial charge in [0, 0.05) is 0 Å². The van der Waals surface area contributed by atoms with Crippen LogP contribution in [0.15, 0.2) is 29.2 Å². The quantitative estimate of drug-likeness (QED) is 0.137. The molecule has 0 fully saturated rings. The van der Waals surface area contributed by atoms with Crippen LogP contribution in [0.5, 0.6) is 0 Å². The third kappa shape index (κ3) is 15.8. The van der Waals surface area contributed by atoms with Gasteiger partial charge in [0.1, 0.15) is 10.1 Å². The maximum Gasteiger partial charge on any atom is 2.00 e. The second kappa shape index (κ2) is 19.1. The molecular weight excluding hydrogens is 408 g/mol. The van der Waals surface area contributed by atoms with E-state index in [1.54, 1.807) is 18.2 Å². The first-order valence-corrected chi connectivity index (χ1v) is 13.0. The SMILES string of the molecule is CCCCCCCCCCCCCCCCCCc1ccccc1S(=O)(=O)[O-].[Ca+2]. The van der Waals surface area contributed by atoms with E-state index >= 15 is 0 Å². The number of aryl methyl sites for hydroxylation is 1. The second-order valence-corrected chi connectivity index (χ2v) is 9.46. The van der Waals surface area contributed by atoms with E-state index in [2.05, 4.69) is 6.92 Å². The van der Waals surface area contributed by atoms with Crippen molar-refractivity contribution in [3.8, 4) is 0 Å². The summed E-state index contributed by atoms with van der Waals surface area (Å²) in [6, 6.07) is 6.60. The van der Waals surface area contributed by atoms with Crippen LogP contribution in [0.1, 0.15) is 115 Å². The van der Waals surface area contributed by atoms with Gasteiger partial charge >= 0.3 is 37.7 Å². The molecule has 1 aromatic carbocycles. The number of hydrogen-bond donors (Lipinski definition) is 0. The van der Waals surface area contributed by atoms with Crippen molar-refractivity contribution in [1.29, 1.82) is 0 Å². The number of hydrogen-bond acceptors (Lipinski definition) is 3. The Morgan fingerprint density at radius 2 is 1.03 bits per heavy atom. The summed E-state index contributed by atoms with van der Waals surface area (Å²) >= 11 is 0. The van der Waals surface area contributed by atoms with Gasteiger partial charge in [0.25, 0.3) is 0 Å². The molecule has 0 spiro atoms. The van der Waals surface area contributed by atoms with Crippen molar-refractivity contribution in [1.82, 2.24) is 0 Å². The molecule has 5 heteroatoms. The Morgan fingerprint density at radius 1 is 0.655 bits per heavy atom. The van der Waals surface area contributed by atoms with Crippen LogP contribution in [-0.2, 0) is 16.5 Å². The summed E-state index contributed by atoms with van der Waals surface area (Å²) in [7, 11) is -4.36. The van der Waals surface area contributed by atoms with E-state index in [0.717, 1.165) is 12.8 Å². The predicted octanol–water partition coefficient (Wildman–Crippen LogP) is 7.01. The third-order valence-corrected chi connectivity index (χ3v) is 6.48. The Labute approximate surface area is 210 Å². The minimum absolute atomic E-state index is 0. The van der Waals surface area contributed by atoms with Gasteiger partial charge in [-0.25, -0.2) is 8.42 Å². The van der Waals surface area contributed by atoms with E-state index in [0.29, 0.717) is 12.0 Å². The molecule has 0 saturated carbocycles. The van der Waals surface area contributed by atoms with Gasteiger partial charge in [0.15, 0.2) is 0 Å². The van der Waals surface area contributed by atoms with Crippen LogP contribution in [0.3, 0.4) is 0 Å². The molecule has 162 valence electrons. The van der Waals surface area contributed by atoms with Gasteiger partial charge in [-0.15, -0.1) is 0 Å². The molecule has 0 atom stereocenters. The minimum Gasteiger partial charge on any atom is -0.744 e. The topological polar surface area (TPSA) is 57.2 Å². The molecule has 0 heterocycles. The zero-order chi connectivity index (χ0) is 20.5. The van der Waals surface area contributed by atoms with Gasteiger partial charge in [-0.05, 0) is 24.5 Å². The van der Waals surface area contributed by atoms with Gasteiger partial charge in [-0.2, -0.15) is 0 Å². The van der Waals surface area contributed by atoms with E-state index < -0.39 is 10.1 Å². The first kappa shape index (κ1) is 29.4. The van der Waals surface area contributed by atoms with Crippen molar-refractivity contribution >= 4 is 47.9 Å². The molecule has 0 bridgehead atoms. The first-order chi connectivity index (χ1) is 13.6. The van der Waals surface area contributed by atoms with E-state index in [1.807, 2.05) is 0 Å². The average Bonchev–Trinajstić information content (AvgIpc) is 2.67. The Morgan fingerprint density at radius 3 is 1.45 bits per heavy atom. The van der Waals surface area contributed by atoms with Gasteiger partial charge in [0.2, 0.25) is 0 Å². The molecule has 3 nitrogen and oxygen atoms in total. The summed E-state index contributed by atoms with van der Waals surface area (Å²) in [5.41, 5.74) is 0.669. The summed E-state index contributed by atoms with van der Waals surface area (Å²) in [6.07, 6.45) is 21.8. The summed E-state index contributed by atoms with van der Waals surface area (Å²) in [4.78, 5) is -0.0454. The van der Waals surface area contributed by atoms with Crippen molar-refractivity contribution in [3.63, 3.8) is 0 Å². The number of rotatable bonds is 18. The predicted molar refractivity (Wildman–Crippen MR) is 123 cm³/mol. The third-order valence-electron chi connectivity index (χ3n) is 5.54. The normalized spacial score (nSPS) is 11.4. The Hall–Kier alpha value is 0.390. The smallest absolute Gasteiger partial charge is 0.744 e. The molecule has 0 aliphatic heterocycles. The van der Waals surface area contributed by atoms with Crippen LogP contribution in [0, 0.1) is 0 Å². The van der Waals surface area contributed by atoms with Crippen molar-refractivity contribution in [2.24, 2.45) is 0 Å².